The quantitative estimate of drug-likeness (QED) is 0.890. The molecule has 1 aliphatic carbocycles. The van der Waals surface area contributed by atoms with Crippen LogP contribution in [0.3, 0.4) is 0 Å². The van der Waals surface area contributed by atoms with Gasteiger partial charge in [0.15, 0.2) is 0 Å². The zero-order valence-corrected chi connectivity index (χ0v) is 13.8. The third-order valence-corrected chi connectivity index (χ3v) is 3.75. The smallest absolute Gasteiger partial charge is 0.407 e. The minimum absolute atomic E-state index is 0.0559. The van der Waals surface area contributed by atoms with Crippen LogP contribution in [0.25, 0.3) is 0 Å². The number of carbonyl (C=O) groups excluding carboxylic acids is 1. The first-order valence-electron chi connectivity index (χ1n) is 7.90. The maximum Gasteiger partial charge on any atom is 0.407 e. The number of ether oxygens (including phenoxy) is 1. The Hall–Kier alpha value is -1.69. The second kappa shape index (κ2) is 7.25. The number of nitrogens with one attached hydrogen (secondary N) is 2. The molecule has 2 N–H and O–H groups in total. The zero-order valence-electron chi connectivity index (χ0n) is 13.8. The molecule has 0 aromatic heterocycles. The van der Waals surface area contributed by atoms with Gasteiger partial charge in [-0.15, -0.1) is 0 Å². The lowest BCUT2D eigenvalue weighted by molar-refractivity contribution is 0.0505. The fraction of sp³-hybridized carbons (Fsp3) is 0.588. The van der Waals surface area contributed by atoms with E-state index in [0.717, 1.165) is 25.3 Å². The number of hydrogen-bond donors (Lipinski definition) is 2. The van der Waals surface area contributed by atoms with Crippen molar-refractivity contribution in [3.05, 3.63) is 35.4 Å². The SMILES string of the molecule is CC(C)(C)OC(=O)NC1CCC(NCc2ccc(F)cc2F)C1. The maximum atomic E-state index is 13.6. The Kier molecular flexibility index (Phi) is 5.57. The van der Waals surface area contributed by atoms with Gasteiger partial charge in [-0.05, 0) is 46.1 Å². The second-order valence-corrected chi connectivity index (χ2v) is 6.97. The van der Waals surface area contributed by atoms with E-state index in [9.17, 15) is 13.6 Å². The fourth-order valence-electron chi connectivity index (χ4n) is 2.69. The molecule has 0 spiro atoms. The van der Waals surface area contributed by atoms with E-state index >= 15 is 0 Å². The first-order valence-corrected chi connectivity index (χ1v) is 7.90. The zero-order chi connectivity index (χ0) is 17.0. The number of hydrogen-bond acceptors (Lipinski definition) is 3. The van der Waals surface area contributed by atoms with E-state index in [2.05, 4.69) is 10.6 Å². The van der Waals surface area contributed by atoms with Crippen molar-refractivity contribution >= 4 is 6.09 Å². The summed E-state index contributed by atoms with van der Waals surface area (Å²) in [6.07, 6.45) is 2.10. The van der Waals surface area contributed by atoms with Crippen molar-refractivity contribution in [2.45, 2.75) is 64.3 Å². The fourth-order valence-corrected chi connectivity index (χ4v) is 2.69. The molecule has 2 unspecified atom stereocenters. The lowest BCUT2D eigenvalue weighted by Crippen LogP contribution is -2.39. The van der Waals surface area contributed by atoms with Crippen LogP contribution in [-0.2, 0) is 11.3 Å². The minimum atomic E-state index is -0.575. The average Bonchev–Trinajstić information content (AvgIpc) is 2.83. The molecular weight excluding hydrogens is 302 g/mol. The molecular formula is C17H24F2N2O2. The van der Waals surface area contributed by atoms with Crippen molar-refractivity contribution in [1.82, 2.24) is 10.6 Å². The van der Waals surface area contributed by atoms with Gasteiger partial charge in [-0.2, -0.15) is 0 Å². The van der Waals surface area contributed by atoms with Crippen molar-refractivity contribution in [3.8, 4) is 0 Å². The topological polar surface area (TPSA) is 50.4 Å². The first-order chi connectivity index (χ1) is 10.7. The summed E-state index contributed by atoms with van der Waals surface area (Å²) < 4.78 is 31.7. The number of carbonyl (C=O) groups is 1. The molecule has 6 heteroatoms. The Labute approximate surface area is 135 Å². The summed E-state index contributed by atoms with van der Waals surface area (Å²) >= 11 is 0. The molecule has 0 saturated heterocycles. The summed E-state index contributed by atoms with van der Waals surface area (Å²) in [7, 11) is 0. The molecule has 1 aromatic rings. The minimum Gasteiger partial charge on any atom is -0.444 e. The third-order valence-electron chi connectivity index (χ3n) is 3.75. The number of halogens is 2. The summed E-state index contributed by atoms with van der Waals surface area (Å²) in [6.45, 7) is 5.81. The Bertz CT molecular complexity index is 558. The van der Waals surface area contributed by atoms with E-state index in [1.165, 1.54) is 12.1 Å². The second-order valence-electron chi connectivity index (χ2n) is 6.97. The molecule has 2 rings (SSSR count). The molecule has 1 aromatic carbocycles. The van der Waals surface area contributed by atoms with Crippen molar-refractivity contribution in [1.29, 1.82) is 0 Å². The highest BCUT2D eigenvalue weighted by molar-refractivity contribution is 5.68. The number of amides is 1. The van der Waals surface area contributed by atoms with E-state index in [1.54, 1.807) is 0 Å². The van der Waals surface area contributed by atoms with E-state index in [4.69, 9.17) is 4.74 Å². The Morgan fingerprint density at radius 3 is 2.61 bits per heavy atom. The van der Waals surface area contributed by atoms with Crippen LogP contribution in [-0.4, -0.2) is 23.8 Å². The molecule has 4 nitrogen and oxygen atoms in total. The molecule has 0 heterocycles. The monoisotopic (exact) mass is 326 g/mol. The summed E-state index contributed by atoms with van der Waals surface area (Å²) in [5, 5.41) is 6.11. The largest absolute Gasteiger partial charge is 0.444 e. The van der Waals surface area contributed by atoms with E-state index in [1.807, 2.05) is 20.8 Å². The summed E-state index contributed by atoms with van der Waals surface area (Å²) in [5.74, 6) is -1.12. The van der Waals surface area contributed by atoms with Gasteiger partial charge in [-0.3, -0.25) is 0 Å². The van der Waals surface area contributed by atoms with Gasteiger partial charge < -0.3 is 15.4 Å². The Morgan fingerprint density at radius 2 is 1.96 bits per heavy atom. The van der Waals surface area contributed by atoms with Crippen molar-refractivity contribution in [3.63, 3.8) is 0 Å². The molecule has 1 aliphatic rings. The van der Waals surface area contributed by atoms with Crippen LogP contribution < -0.4 is 10.6 Å². The predicted molar refractivity (Wildman–Crippen MR) is 84.0 cm³/mol. The van der Waals surface area contributed by atoms with E-state index in [-0.39, 0.29) is 12.1 Å². The van der Waals surface area contributed by atoms with E-state index < -0.39 is 23.3 Å². The van der Waals surface area contributed by atoms with Crippen LogP contribution in [0.1, 0.15) is 45.6 Å². The summed E-state index contributed by atoms with van der Waals surface area (Å²) in [5.41, 5.74) is -0.0737. The molecule has 128 valence electrons. The third kappa shape index (κ3) is 5.78. The van der Waals surface area contributed by atoms with Crippen molar-refractivity contribution < 1.29 is 18.3 Å². The summed E-state index contributed by atoms with van der Waals surface area (Å²) in [6, 6.07) is 3.84. The highest BCUT2D eigenvalue weighted by atomic mass is 19.1. The first kappa shape index (κ1) is 17.7. The molecule has 0 radical (unpaired) electrons. The van der Waals surface area contributed by atoms with Crippen LogP contribution in [0.15, 0.2) is 18.2 Å². The Morgan fingerprint density at radius 1 is 1.26 bits per heavy atom. The van der Waals surface area contributed by atoms with Crippen LogP contribution in [0.2, 0.25) is 0 Å². The van der Waals surface area contributed by atoms with Gasteiger partial charge in [0, 0.05) is 30.3 Å². The van der Waals surface area contributed by atoms with Gasteiger partial charge in [0.25, 0.3) is 0 Å². The van der Waals surface area contributed by atoms with Crippen LogP contribution in [0.4, 0.5) is 13.6 Å². The molecule has 1 fully saturated rings. The molecule has 2 atom stereocenters. The van der Waals surface area contributed by atoms with Gasteiger partial charge in [0.1, 0.15) is 17.2 Å². The van der Waals surface area contributed by atoms with Crippen molar-refractivity contribution in [2.75, 3.05) is 0 Å². The van der Waals surface area contributed by atoms with Crippen molar-refractivity contribution in [2.24, 2.45) is 0 Å². The summed E-state index contributed by atoms with van der Waals surface area (Å²) in [4.78, 5) is 11.7. The van der Waals surface area contributed by atoms with Gasteiger partial charge in [0.05, 0.1) is 0 Å². The number of rotatable bonds is 4. The predicted octanol–water partition coefficient (Wildman–Crippen LogP) is 3.50. The lowest BCUT2D eigenvalue weighted by Gasteiger charge is -2.21. The molecule has 0 bridgehead atoms. The van der Waals surface area contributed by atoms with Gasteiger partial charge >= 0.3 is 6.09 Å². The van der Waals surface area contributed by atoms with Crippen LogP contribution >= 0.6 is 0 Å². The van der Waals surface area contributed by atoms with Gasteiger partial charge in [-0.1, -0.05) is 6.07 Å². The highest BCUT2D eigenvalue weighted by Gasteiger charge is 2.27. The molecule has 0 aliphatic heterocycles. The van der Waals surface area contributed by atoms with Gasteiger partial charge in [0.2, 0.25) is 0 Å². The van der Waals surface area contributed by atoms with Gasteiger partial charge in [-0.25, -0.2) is 13.6 Å². The lowest BCUT2D eigenvalue weighted by atomic mass is 10.1. The Balaban J connectivity index is 1.76. The average molecular weight is 326 g/mol. The molecule has 1 amide bonds. The van der Waals surface area contributed by atoms with E-state index in [0.29, 0.717) is 12.1 Å². The number of alkyl carbamates (subject to hydrolysis) is 1. The number of benzene rings is 1. The van der Waals surface area contributed by atoms with Crippen LogP contribution in [0, 0.1) is 11.6 Å². The standard InChI is InChI=1S/C17H24F2N2O2/c1-17(2,3)23-16(22)21-14-7-6-13(9-14)20-10-11-4-5-12(18)8-15(11)19/h4-5,8,13-14,20H,6-7,9-10H2,1-3H3,(H,21,22). The molecule has 1 saturated carbocycles. The maximum absolute atomic E-state index is 13.6. The highest BCUT2D eigenvalue weighted by Crippen LogP contribution is 2.21. The van der Waals surface area contributed by atoms with Crippen LogP contribution in [0.5, 0.6) is 0 Å². The molecule has 23 heavy (non-hydrogen) atoms. The normalized spacial score (nSPS) is 21.3.